The highest BCUT2D eigenvalue weighted by molar-refractivity contribution is 7.80. The number of rotatable bonds is 4. The van der Waals surface area contributed by atoms with Crippen LogP contribution in [0.2, 0.25) is 0 Å². The van der Waals surface area contributed by atoms with Crippen LogP contribution in [0.5, 0.6) is 5.75 Å². The highest BCUT2D eigenvalue weighted by Gasteiger charge is 2.32. The van der Waals surface area contributed by atoms with Crippen molar-refractivity contribution in [2.45, 2.75) is 6.92 Å². The molecule has 3 aromatic rings. The lowest BCUT2D eigenvalue weighted by Gasteiger charge is -2.44. The van der Waals surface area contributed by atoms with Crippen molar-refractivity contribution in [3.8, 4) is 5.75 Å². The van der Waals surface area contributed by atoms with E-state index in [9.17, 15) is 4.79 Å². The number of thiocarbonyl (C=S) groups is 1. The molecule has 0 aliphatic carbocycles. The molecule has 1 aliphatic heterocycles. The summed E-state index contributed by atoms with van der Waals surface area (Å²) in [5.41, 5.74) is 3.68. The van der Waals surface area contributed by atoms with Crippen molar-refractivity contribution in [3.05, 3.63) is 84.4 Å². The lowest BCUT2D eigenvalue weighted by Crippen LogP contribution is -2.55. The van der Waals surface area contributed by atoms with Crippen LogP contribution in [-0.2, 0) is 4.79 Å². The van der Waals surface area contributed by atoms with Crippen LogP contribution in [0, 0.1) is 0 Å². The van der Waals surface area contributed by atoms with Crippen molar-refractivity contribution >= 4 is 40.2 Å². The fourth-order valence-electron chi connectivity index (χ4n) is 3.50. The van der Waals surface area contributed by atoms with Crippen LogP contribution in [0.25, 0.3) is 0 Å². The average Bonchev–Trinajstić information content (AvgIpc) is 2.76. The summed E-state index contributed by atoms with van der Waals surface area (Å²) in [6, 6.07) is 25.4. The molecule has 1 heterocycles. The monoisotopic (exact) mass is 403 g/mol. The molecule has 0 unspecified atom stereocenters. The number of hydrazine groups is 1. The van der Waals surface area contributed by atoms with E-state index in [1.807, 2.05) is 83.9 Å². The van der Waals surface area contributed by atoms with Crippen LogP contribution < -0.4 is 14.6 Å². The molecule has 0 N–H and O–H groups in total. The molecule has 146 valence electrons. The van der Waals surface area contributed by atoms with Gasteiger partial charge in [-0.3, -0.25) is 4.79 Å². The van der Waals surface area contributed by atoms with Gasteiger partial charge in [0.1, 0.15) is 17.4 Å². The Hall–Kier alpha value is -3.38. The lowest BCUT2D eigenvalue weighted by atomic mass is 10.1. The third-order valence-corrected chi connectivity index (χ3v) is 5.29. The van der Waals surface area contributed by atoms with E-state index in [2.05, 4.69) is 4.90 Å². The molecule has 29 heavy (non-hydrogen) atoms. The summed E-state index contributed by atoms with van der Waals surface area (Å²) in [6.07, 6.45) is 0. The maximum Gasteiger partial charge on any atom is 0.242 e. The molecule has 0 bridgehead atoms. The first-order valence-corrected chi connectivity index (χ1v) is 9.69. The molecule has 4 rings (SSSR count). The Kier molecular flexibility index (Phi) is 5.18. The molecule has 1 aliphatic rings. The number of hydrogen-bond donors (Lipinski definition) is 0. The number of nitrogens with zero attached hydrogens (tertiary/aromatic N) is 3. The Morgan fingerprint density at radius 2 is 1.62 bits per heavy atom. The van der Waals surface area contributed by atoms with E-state index >= 15 is 0 Å². The average molecular weight is 404 g/mol. The van der Waals surface area contributed by atoms with Crippen LogP contribution in [0.1, 0.15) is 12.5 Å². The number of anilines is 3. The maximum absolute atomic E-state index is 12.6. The van der Waals surface area contributed by atoms with Gasteiger partial charge in [0.25, 0.3) is 0 Å². The number of ether oxygens (including phenoxy) is 1. The SMILES string of the molecule is COc1ccc(N2CN(N(C(C)=O)c3ccccc3)C(=S)c3ccccc32)cc1. The molecule has 0 spiro atoms. The molecule has 1 amide bonds. The van der Waals surface area contributed by atoms with Gasteiger partial charge in [-0.2, -0.15) is 0 Å². The summed E-state index contributed by atoms with van der Waals surface area (Å²) in [7, 11) is 1.65. The third kappa shape index (κ3) is 3.54. The second-order valence-electron chi connectivity index (χ2n) is 6.66. The van der Waals surface area contributed by atoms with E-state index in [1.54, 1.807) is 19.0 Å². The number of amides is 1. The first kappa shape index (κ1) is 19.0. The van der Waals surface area contributed by atoms with Crippen LogP contribution >= 0.6 is 12.2 Å². The van der Waals surface area contributed by atoms with Gasteiger partial charge >= 0.3 is 0 Å². The minimum absolute atomic E-state index is 0.104. The summed E-state index contributed by atoms with van der Waals surface area (Å²) in [5.74, 6) is 0.689. The zero-order chi connectivity index (χ0) is 20.4. The van der Waals surface area contributed by atoms with E-state index < -0.39 is 0 Å². The number of carbonyl (C=O) groups excluding carboxylic acids is 1. The fourth-order valence-corrected chi connectivity index (χ4v) is 3.81. The van der Waals surface area contributed by atoms with Gasteiger partial charge in [0, 0.05) is 18.2 Å². The molecular formula is C23H21N3O2S. The van der Waals surface area contributed by atoms with Crippen LogP contribution in [0.4, 0.5) is 17.1 Å². The van der Waals surface area contributed by atoms with Gasteiger partial charge in [-0.1, -0.05) is 42.5 Å². The van der Waals surface area contributed by atoms with E-state index in [0.717, 1.165) is 28.4 Å². The molecule has 6 heteroatoms. The smallest absolute Gasteiger partial charge is 0.242 e. The summed E-state index contributed by atoms with van der Waals surface area (Å²) >= 11 is 5.81. The molecular weight excluding hydrogens is 382 g/mol. The zero-order valence-electron chi connectivity index (χ0n) is 16.3. The first-order valence-electron chi connectivity index (χ1n) is 9.28. The quantitative estimate of drug-likeness (QED) is 0.588. The Balaban J connectivity index is 1.80. The van der Waals surface area contributed by atoms with Crippen molar-refractivity contribution in [2.24, 2.45) is 0 Å². The van der Waals surface area contributed by atoms with Gasteiger partial charge in [-0.25, -0.2) is 10.0 Å². The molecule has 5 nitrogen and oxygen atoms in total. The number of fused-ring (bicyclic) bond motifs is 1. The highest BCUT2D eigenvalue weighted by Crippen LogP contribution is 2.36. The van der Waals surface area contributed by atoms with Crippen LogP contribution in [0.3, 0.4) is 0 Å². The predicted molar refractivity (Wildman–Crippen MR) is 120 cm³/mol. The molecule has 0 aromatic heterocycles. The number of carbonyl (C=O) groups is 1. The van der Waals surface area contributed by atoms with Gasteiger partial charge < -0.3 is 9.64 Å². The minimum atomic E-state index is -0.104. The maximum atomic E-state index is 12.6. The largest absolute Gasteiger partial charge is 0.497 e. The highest BCUT2D eigenvalue weighted by atomic mass is 32.1. The van der Waals surface area contributed by atoms with Crippen LogP contribution in [0.15, 0.2) is 78.9 Å². The first-order chi connectivity index (χ1) is 14.1. The van der Waals surface area contributed by atoms with Crippen LogP contribution in [-0.4, -0.2) is 29.7 Å². The second-order valence-corrected chi connectivity index (χ2v) is 7.04. The van der Waals surface area contributed by atoms with E-state index in [-0.39, 0.29) is 5.91 Å². The van der Waals surface area contributed by atoms with E-state index in [1.165, 1.54) is 0 Å². The molecule has 0 atom stereocenters. The van der Waals surface area contributed by atoms with Crippen molar-refractivity contribution in [2.75, 3.05) is 23.7 Å². The Bertz CT molecular complexity index is 1040. The Morgan fingerprint density at radius 3 is 2.28 bits per heavy atom. The van der Waals surface area contributed by atoms with Crippen molar-refractivity contribution in [1.29, 1.82) is 0 Å². The Labute approximate surface area is 175 Å². The lowest BCUT2D eigenvalue weighted by molar-refractivity contribution is -0.118. The van der Waals surface area contributed by atoms with Gasteiger partial charge in [-0.15, -0.1) is 0 Å². The molecule has 0 radical (unpaired) electrons. The number of benzene rings is 3. The standard InChI is InChI=1S/C23H21N3O2S/c1-17(27)26(19-8-4-3-5-9-19)25-16-24(18-12-14-20(28-2)15-13-18)22-11-7-6-10-21(22)23(25)29/h3-15H,16H2,1-2H3. The van der Waals surface area contributed by atoms with Gasteiger partial charge in [0.2, 0.25) is 5.91 Å². The van der Waals surface area contributed by atoms with Gasteiger partial charge in [0.05, 0.1) is 18.5 Å². The summed E-state index contributed by atoms with van der Waals surface area (Å²) in [5, 5.41) is 3.48. The van der Waals surface area contributed by atoms with E-state index in [4.69, 9.17) is 17.0 Å². The summed E-state index contributed by atoms with van der Waals surface area (Å²) in [6.45, 7) is 1.96. The minimum Gasteiger partial charge on any atom is -0.497 e. The Morgan fingerprint density at radius 1 is 0.966 bits per heavy atom. The van der Waals surface area contributed by atoms with Crippen molar-refractivity contribution in [3.63, 3.8) is 0 Å². The summed E-state index contributed by atoms with van der Waals surface area (Å²) < 4.78 is 5.29. The van der Waals surface area contributed by atoms with E-state index in [0.29, 0.717) is 11.7 Å². The predicted octanol–water partition coefficient (Wildman–Crippen LogP) is 4.75. The fraction of sp³-hybridized carbons (Fsp3) is 0.130. The van der Waals surface area contributed by atoms with Crippen molar-refractivity contribution in [1.82, 2.24) is 5.01 Å². The molecule has 0 saturated carbocycles. The summed E-state index contributed by atoms with van der Waals surface area (Å²) in [4.78, 5) is 15.4. The number of hydrogen-bond acceptors (Lipinski definition) is 4. The normalized spacial score (nSPS) is 13.1. The molecule has 0 fully saturated rings. The third-order valence-electron chi connectivity index (χ3n) is 4.86. The molecule has 0 saturated heterocycles. The molecule has 3 aromatic carbocycles. The number of methoxy groups -OCH3 is 1. The topological polar surface area (TPSA) is 36.0 Å². The zero-order valence-corrected chi connectivity index (χ0v) is 17.1. The van der Waals surface area contributed by atoms with Gasteiger partial charge in [-0.05, 0) is 48.5 Å². The van der Waals surface area contributed by atoms with Gasteiger partial charge in [0.15, 0.2) is 0 Å². The second kappa shape index (κ2) is 7.93. The van der Waals surface area contributed by atoms with Crippen molar-refractivity contribution < 1.29 is 9.53 Å². The number of para-hydroxylation sites is 2.